The van der Waals surface area contributed by atoms with Gasteiger partial charge in [-0.25, -0.2) is 4.98 Å². The van der Waals surface area contributed by atoms with Crippen LogP contribution in [0.3, 0.4) is 0 Å². The molecule has 0 saturated heterocycles. The van der Waals surface area contributed by atoms with Crippen molar-refractivity contribution in [1.29, 1.82) is 0 Å². The number of hydrogen-bond donors (Lipinski definition) is 0. The maximum absolute atomic E-state index is 12.7. The number of thioether (sulfide) groups is 1. The summed E-state index contributed by atoms with van der Waals surface area (Å²) in [7, 11) is 1.75. The van der Waals surface area contributed by atoms with E-state index >= 15 is 0 Å². The topological polar surface area (TPSA) is 61.2 Å². The second kappa shape index (κ2) is 9.42. The maximum Gasteiger partial charge on any atom is 0.305 e. The second-order valence-corrected chi connectivity index (χ2v) is 6.80. The van der Waals surface area contributed by atoms with Crippen LogP contribution in [0.15, 0.2) is 40.3 Å². The van der Waals surface area contributed by atoms with Crippen LogP contribution in [0.4, 0.5) is 0 Å². The van der Waals surface area contributed by atoms with Gasteiger partial charge in [0.25, 0.3) is 5.56 Å². The molecule has 0 spiro atoms. The van der Waals surface area contributed by atoms with Crippen LogP contribution >= 0.6 is 11.8 Å². The molecule has 0 N–H and O–H groups in total. The van der Waals surface area contributed by atoms with Crippen LogP contribution in [-0.4, -0.2) is 27.9 Å². The minimum atomic E-state index is -0.181. The molecule has 25 heavy (non-hydrogen) atoms. The molecular formula is C19H24N2O3S. The monoisotopic (exact) mass is 360 g/mol. The molecule has 1 aromatic heterocycles. The van der Waals surface area contributed by atoms with E-state index in [0.29, 0.717) is 31.0 Å². The fraction of sp³-hybridized carbons (Fsp3) is 0.421. The number of nitrogens with zero attached hydrogens (tertiary/aromatic N) is 2. The van der Waals surface area contributed by atoms with Crippen LogP contribution in [0.1, 0.15) is 36.6 Å². The highest BCUT2D eigenvalue weighted by atomic mass is 32.2. The van der Waals surface area contributed by atoms with Gasteiger partial charge in [-0.1, -0.05) is 42.1 Å². The zero-order valence-corrected chi connectivity index (χ0v) is 15.8. The average molecular weight is 360 g/mol. The highest BCUT2D eigenvalue weighted by molar-refractivity contribution is 7.99. The molecule has 5 nitrogen and oxygen atoms in total. The Balaban J connectivity index is 2.04. The number of carbonyl (C=O) groups excluding carboxylic acids is 1. The summed E-state index contributed by atoms with van der Waals surface area (Å²) in [5.74, 6) is 0.538. The van der Waals surface area contributed by atoms with Crippen LogP contribution in [0.5, 0.6) is 0 Å². The lowest BCUT2D eigenvalue weighted by Crippen LogP contribution is -2.25. The normalized spacial score (nSPS) is 10.7. The number of ether oxygens (including phenoxy) is 1. The second-order valence-electron chi connectivity index (χ2n) is 5.74. The van der Waals surface area contributed by atoms with Crippen LogP contribution in [0, 0.1) is 6.92 Å². The molecule has 2 aromatic rings. The van der Waals surface area contributed by atoms with Gasteiger partial charge in [0.05, 0.1) is 6.61 Å². The van der Waals surface area contributed by atoms with Gasteiger partial charge in [0.15, 0.2) is 5.16 Å². The minimum absolute atomic E-state index is 0.00996. The average Bonchev–Trinajstić information content (AvgIpc) is 2.61. The predicted octanol–water partition coefficient (Wildman–Crippen LogP) is 3.11. The molecule has 0 aliphatic carbocycles. The molecule has 6 heteroatoms. The van der Waals surface area contributed by atoms with Crippen molar-refractivity contribution in [3.8, 4) is 0 Å². The van der Waals surface area contributed by atoms with Gasteiger partial charge in [0, 0.05) is 36.9 Å². The lowest BCUT2D eigenvalue weighted by molar-refractivity contribution is -0.143. The first-order chi connectivity index (χ1) is 12.0. The number of rotatable bonds is 8. The van der Waals surface area contributed by atoms with E-state index < -0.39 is 0 Å². The lowest BCUT2D eigenvalue weighted by Gasteiger charge is -2.12. The van der Waals surface area contributed by atoms with Crippen molar-refractivity contribution >= 4 is 17.7 Å². The first-order valence-electron chi connectivity index (χ1n) is 8.41. The molecule has 0 fully saturated rings. The Kier molecular flexibility index (Phi) is 7.25. The van der Waals surface area contributed by atoms with E-state index in [-0.39, 0.29) is 11.5 Å². The van der Waals surface area contributed by atoms with E-state index in [1.165, 1.54) is 11.8 Å². The number of hydrogen-bond acceptors (Lipinski definition) is 5. The Hall–Kier alpha value is -2.08. The zero-order valence-electron chi connectivity index (χ0n) is 14.9. The van der Waals surface area contributed by atoms with Crippen LogP contribution in [-0.2, 0) is 23.0 Å². The summed E-state index contributed by atoms with van der Waals surface area (Å²) in [4.78, 5) is 28.6. The number of benzene rings is 1. The van der Waals surface area contributed by atoms with E-state index in [0.717, 1.165) is 22.6 Å². The Morgan fingerprint density at radius 1 is 1.28 bits per heavy atom. The third-order valence-electron chi connectivity index (χ3n) is 3.84. The maximum atomic E-state index is 12.7. The van der Waals surface area contributed by atoms with E-state index in [9.17, 15) is 9.59 Å². The number of aromatic nitrogens is 2. The van der Waals surface area contributed by atoms with E-state index in [4.69, 9.17) is 4.74 Å². The minimum Gasteiger partial charge on any atom is -0.466 e. The molecule has 0 unspecified atom stereocenters. The largest absolute Gasteiger partial charge is 0.466 e. The number of aryl methyl sites for hydroxylation is 1. The summed E-state index contributed by atoms with van der Waals surface area (Å²) in [6.45, 7) is 4.08. The zero-order chi connectivity index (χ0) is 18.2. The van der Waals surface area contributed by atoms with Crippen molar-refractivity contribution in [2.75, 3.05) is 12.4 Å². The smallest absolute Gasteiger partial charge is 0.305 e. The van der Waals surface area contributed by atoms with E-state index in [1.807, 2.05) is 37.3 Å². The third-order valence-corrected chi connectivity index (χ3v) is 4.95. The molecule has 0 aliphatic heterocycles. The predicted molar refractivity (Wildman–Crippen MR) is 100 cm³/mol. The van der Waals surface area contributed by atoms with Crippen molar-refractivity contribution in [3.05, 3.63) is 57.5 Å². The molecule has 0 bridgehead atoms. The van der Waals surface area contributed by atoms with Gasteiger partial charge in [0.1, 0.15) is 0 Å². The molecule has 134 valence electrons. The fourth-order valence-corrected chi connectivity index (χ4v) is 3.43. The van der Waals surface area contributed by atoms with Crippen molar-refractivity contribution in [2.45, 2.75) is 38.3 Å². The molecule has 2 rings (SSSR count). The van der Waals surface area contributed by atoms with Gasteiger partial charge in [-0.15, -0.1) is 0 Å². The summed E-state index contributed by atoms with van der Waals surface area (Å²) >= 11 is 1.49. The van der Waals surface area contributed by atoms with Crippen molar-refractivity contribution in [2.24, 2.45) is 7.05 Å². The van der Waals surface area contributed by atoms with Crippen molar-refractivity contribution in [1.82, 2.24) is 9.55 Å². The summed E-state index contributed by atoms with van der Waals surface area (Å²) in [5, 5.41) is 0.683. The Morgan fingerprint density at radius 3 is 2.68 bits per heavy atom. The standard InChI is InChI=1S/C19H24N2O3S/c1-4-24-17(22)11-8-12-25-19-20-14(2)16(18(23)21(19)3)13-15-9-6-5-7-10-15/h5-7,9-10H,4,8,11-13H2,1-3H3. The lowest BCUT2D eigenvalue weighted by atomic mass is 10.1. The molecular weight excluding hydrogens is 336 g/mol. The molecule has 0 amide bonds. The Labute approximate surface area is 152 Å². The van der Waals surface area contributed by atoms with Gasteiger partial charge in [0.2, 0.25) is 0 Å². The molecule has 0 radical (unpaired) electrons. The summed E-state index contributed by atoms with van der Waals surface area (Å²) in [6.07, 6.45) is 1.67. The van der Waals surface area contributed by atoms with Gasteiger partial charge < -0.3 is 4.74 Å². The highest BCUT2D eigenvalue weighted by Gasteiger charge is 2.13. The summed E-state index contributed by atoms with van der Waals surface area (Å²) in [5.41, 5.74) is 2.58. The van der Waals surface area contributed by atoms with E-state index in [2.05, 4.69) is 4.98 Å². The first kappa shape index (κ1) is 19.2. The molecule has 1 aromatic carbocycles. The molecule has 0 saturated carbocycles. The molecule has 0 aliphatic rings. The van der Waals surface area contributed by atoms with Gasteiger partial charge in [-0.3, -0.25) is 14.2 Å². The van der Waals surface area contributed by atoms with Crippen LogP contribution < -0.4 is 5.56 Å². The van der Waals surface area contributed by atoms with Gasteiger partial charge in [-0.2, -0.15) is 0 Å². The highest BCUT2D eigenvalue weighted by Crippen LogP contribution is 2.18. The van der Waals surface area contributed by atoms with Crippen molar-refractivity contribution < 1.29 is 9.53 Å². The van der Waals surface area contributed by atoms with Crippen molar-refractivity contribution in [3.63, 3.8) is 0 Å². The Morgan fingerprint density at radius 2 is 2.00 bits per heavy atom. The quantitative estimate of drug-likeness (QED) is 0.313. The van der Waals surface area contributed by atoms with Crippen LogP contribution in [0.2, 0.25) is 0 Å². The molecule has 1 heterocycles. The van der Waals surface area contributed by atoms with Gasteiger partial charge in [-0.05, 0) is 25.8 Å². The molecule has 0 atom stereocenters. The first-order valence-corrected chi connectivity index (χ1v) is 9.40. The number of carbonyl (C=O) groups is 1. The fourth-order valence-electron chi connectivity index (χ4n) is 2.48. The van der Waals surface area contributed by atoms with Crippen LogP contribution in [0.25, 0.3) is 0 Å². The van der Waals surface area contributed by atoms with Gasteiger partial charge >= 0.3 is 5.97 Å². The summed E-state index contributed by atoms with van der Waals surface area (Å²) < 4.78 is 6.51. The van der Waals surface area contributed by atoms with E-state index in [1.54, 1.807) is 18.5 Å². The summed E-state index contributed by atoms with van der Waals surface area (Å²) in [6, 6.07) is 9.92. The number of esters is 1. The Bertz CT molecular complexity index is 772. The third kappa shape index (κ3) is 5.46. The SMILES string of the molecule is CCOC(=O)CCCSc1nc(C)c(Cc2ccccc2)c(=O)n1C.